The monoisotopic (exact) mass is 437 g/mol. The van der Waals surface area contributed by atoms with Crippen molar-refractivity contribution in [2.75, 3.05) is 26.7 Å². The van der Waals surface area contributed by atoms with Gasteiger partial charge in [-0.2, -0.15) is 0 Å². The molecule has 3 N–H and O–H groups in total. The minimum atomic E-state index is -1.18. The van der Waals surface area contributed by atoms with Crippen LogP contribution in [-0.2, 0) is 23.9 Å². The van der Waals surface area contributed by atoms with Gasteiger partial charge >= 0.3 is 12.1 Å². The SMILES string of the molecule is CCOC(=O)CCNC(=O)C(c1ccccc1O)N(C)C(=O)CNC(=O)OC(C)(C)C. The molecule has 0 saturated carbocycles. The first-order valence-corrected chi connectivity index (χ1v) is 9.90. The zero-order chi connectivity index (χ0) is 23.6. The van der Waals surface area contributed by atoms with Crippen LogP contribution in [0.3, 0.4) is 0 Å². The number of phenolic OH excluding ortho intramolecular Hbond substituents is 1. The largest absolute Gasteiger partial charge is 0.508 e. The third kappa shape index (κ3) is 8.93. The Morgan fingerprint density at radius 2 is 1.77 bits per heavy atom. The molecule has 1 aromatic rings. The number of amides is 3. The summed E-state index contributed by atoms with van der Waals surface area (Å²) in [4.78, 5) is 49.8. The Labute approximate surface area is 181 Å². The van der Waals surface area contributed by atoms with E-state index in [4.69, 9.17) is 9.47 Å². The smallest absolute Gasteiger partial charge is 0.408 e. The maximum Gasteiger partial charge on any atom is 0.408 e. The molecule has 0 aromatic heterocycles. The Balaban J connectivity index is 2.89. The molecule has 10 heteroatoms. The average Bonchev–Trinajstić information content (AvgIpc) is 2.66. The number of nitrogens with one attached hydrogen (secondary N) is 2. The zero-order valence-corrected chi connectivity index (χ0v) is 18.6. The second-order valence-corrected chi connectivity index (χ2v) is 7.67. The first kappa shape index (κ1) is 25.7. The Bertz CT molecular complexity index is 789. The van der Waals surface area contributed by atoms with Gasteiger partial charge in [0.25, 0.3) is 0 Å². The van der Waals surface area contributed by atoms with Crippen LogP contribution in [0.2, 0.25) is 0 Å². The minimum Gasteiger partial charge on any atom is -0.508 e. The number of carbonyl (C=O) groups is 4. The lowest BCUT2D eigenvalue weighted by Crippen LogP contribution is -2.46. The highest BCUT2D eigenvalue weighted by Gasteiger charge is 2.31. The van der Waals surface area contributed by atoms with Gasteiger partial charge in [0, 0.05) is 19.2 Å². The van der Waals surface area contributed by atoms with Crippen molar-refractivity contribution in [2.24, 2.45) is 0 Å². The number of aromatic hydroxyl groups is 1. The number of hydrogen-bond donors (Lipinski definition) is 3. The summed E-state index contributed by atoms with van der Waals surface area (Å²) in [6.07, 6.45) is -0.808. The van der Waals surface area contributed by atoms with E-state index in [1.54, 1.807) is 39.8 Å². The summed E-state index contributed by atoms with van der Waals surface area (Å²) in [5.74, 6) is -1.82. The van der Waals surface area contributed by atoms with E-state index in [1.165, 1.54) is 19.2 Å². The van der Waals surface area contributed by atoms with Crippen LogP contribution in [-0.4, -0.2) is 66.2 Å². The Morgan fingerprint density at radius 3 is 2.35 bits per heavy atom. The van der Waals surface area contributed by atoms with Crippen LogP contribution in [0.4, 0.5) is 4.79 Å². The molecule has 1 unspecified atom stereocenters. The van der Waals surface area contributed by atoms with E-state index in [-0.39, 0.29) is 30.9 Å². The molecule has 0 radical (unpaired) electrons. The highest BCUT2D eigenvalue weighted by Crippen LogP contribution is 2.28. The summed E-state index contributed by atoms with van der Waals surface area (Å²) in [6.45, 7) is 6.57. The maximum atomic E-state index is 12.8. The zero-order valence-electron chi connectivity index (χ0n) is 18.6. The summed E-state index contributed by atoms with van der Waals surface area (Å²) in [5.41, 5.74) is -0.528. The van der Waals surface area contributed by atoms with Crippen molar-refractivity contribution in [3.05, 3.63) is 29.8 Å². The molecule has 0 heterocycles. The van der Waals surface area contributed by atoms with Crippen molar-refractivity contribution in [2.45, 2.75) is 45.8 Å². The van der Waals surface area contributed by atoms with Gasteiger partial charge in [0.1, 0.15) is 23.9 Å². The van der Waals surface area contributed by atoms with Gasteiger partial charge in [-0.3, -0.25) is 14.4 Å². The first-order chi connectivity index (χ1) is 14.5. The summed E-state index contributed by atoms with van der Waals surface area (Å²) in [7, 11) is 1.38. The van der Waals surface area contributed by atoms with Crippen LogP contribution in [0.25, 0.3) is 0 Å². The molecule has 1 atom stereocenters. The normalized spacial score (nSPS) is 11.8. The van der Waals surface area contributed by atoms with Gasteiger partial charge in [-0.05, 0) is 33.8 Å². The van der Waals surface area contributed by atoms with Crippen LogP contribution in [0.1, 0.15) is 45.7 Å². The second kappa shape index (κ2) is 11.8. The van der Waals surface area contributed by atoms with E-state index < -0.39 is 42.1 Å². The summed E-state index contributed by atoms with van der Waals surface area (Å²) in [6, 6.07) is 4.92. The molecule has 31 heavy (non-hydrogen) atoms. The number of alkyl carbamates (subject to hydrolysis) is 1. The van der Waals surface area contributed by atoms with Crippen molar-refractivity contribution in [3.63, 3.8) is 0 Å². The molecule has 10 nitrogen and oxygen atoms in total. The molecule has 1 aromatic carbocycles. The number of esters is 1. The van der Waals surface area contributed by atoms with E-state index in [0.717, 1.165) is 4.90 Å². The summed E-state index contributed by atoms with van der Waals surface area (Å²) < 4.78 is 9.91. The topological polar surface area (TPSA) is 134 Å². The van der Waals surface area contributed by atoms with Crippen LogP contribution in [0.5, 0.6) is 5.75 Å². The maximum absolute atomic E-state index is 12.8. The van der Waals surface area contributed by atoms with Crippen molar-refractivity contribution in [1.29, 1.82) is 0 Å². The first-order valence-electron chi connectivity index (χ1n) is 9.90. The van der Waals surface area contributed by atoms with Gasteiger partial charge in [0.15, 0.2) is 0 Å². The van der Waals surface area contributed by atoms with Crippen molar-refractivity contribution in [3.8, 4) is 5.75 Å². The standard InChI is InChI=1S/C21H31N3O7/c1-6-30-17(27)11-12-22-19(28)18(14-9-7-8-10-15(14)25)24(5)16(26)13-23-20(29)31-21(2,3)4/h7-10,18,25H,6,11-13H2,1-5H3,(H,22,28)(H,23,29). The number of likely N-dealkylation sites (N-methyl/N-ethyl adjacent to an activating group) is 1. The number of para-hydroxylation sites is 1. The number of ether oxygens (including phenoxy) is 2. The average molecular weight is 437 g/mol. The fourth-order valence-corrected chi connectivity index (χ4v) is 2.59. The van der Waals surface area contributed by atoms with E-state index in [9.17, 15) is 24.3 Å². The van der Waals surface area contributed by atoms with Crippen molar-refractivity contribution < 1.29 is 33.8 Å². The molecule has 3 amide bonds. The van der Waals surface area contributed by atoms with Gasteiger partial charge in [-0.1, -0.05) is 18.2 Å². The van der Waals surface area contributed by atoms with Crippen LogP contribution < -0.4 is 10.6 Å². The van der Waals surface area contributed by atoms with Crippen LogP contribution in [0, 0.1) is 0 Å². The molecule has 0 saturated heterocycles. The lowest BCUT2D eigenvalue weighted by atomic mass is 10.0. The van der Waals surface area contributed by atoms with Gasteiger partial charge in [0.05, 0.1) is 13.0 Å². The number of benzene rings is 1. The Hall–Kier alpha value is -3.30. The molecule has 0 aliphatic heterocycles. The number of carbonyl (C=O) groups excluding carboxylic acids is 4. The highest BCUT2D eigenvalue weighted by atomic mass is 16.6. The van der Waals surface area contributed by atoms with Gasteiger partial charge < -0.3 is 30.1 Å². The van der Waals surface area contributed by atoms with Crippen LogP contribution in [0.15, 0.2) is 24.3 Å². The minimum absolute atomic E-state index is 0.0000484. The fraction of sp³-hybridized carbons (Fsp3) is 0.524. The van der Waals surface area contributed by atoms with Crippen molar-refractivity contribution in [1.82, 2.24) is 15.5 Å². The molecule has 0 aliphatic carbocycles. The van der Waals surface area contributed by atoms with Crippen LogP contribution >= 0.6 is 0 Å². The van der Waals surface area contributed by atoms with Gasteiger partial charge in [-0.15, -0.1) is 0 Å². The molecule has 172 valence electrons. The van der Waals surface area contributed by atoms with Gasteiger partial charge in [-0.25, -0.2) is 4.79 Å². The molecule has 0 fully saturated rings. The lowest BCUT2D eigenvalue weighted by Gasteiger charge is -2.28. The highest BCUT2D eigenvalue weighted by molar-refractivity contribution is 5.90. The molecule has 0 aliphatic rings. The quantitative estimate of drug-likeness (QED) is 0.498. The second-order valence-electron chi connectivity index (χ2n) is 7.67. The predicted molar refractivity (Wildman–Crippen MR) is 112 cm³/mol. The molecular formula is C21H31N3O7. The molecular weight excluding hydrogens is 406 g/mol. The summed E-state index contributed by atoms with van der Waals surface area (Å²) in [5, 5.41) is 15.1. The van der Waals surface area contributed by atoms with E-state index in [0.29, 0.717) is 0 Å². The van der Waals surface area contributed by atoms with E-state index in [2.05, 4.69) is 10.6 Å². The third-order valence-corrected chi connectivity index (χ3v) is 3.98. The molecule has 1 rings (SSSR count). The Morgan fingerprint density at radius 1 is 1.13 bits per heavy atom. The van der Waals surface area contributed by atoms with Gasteiger partial charge in [0.2, 0.25) is 11.8 Å². The van der Waals surface area contributed by atoms with Crippen molar-refractivity contribution >= 4 is 23.9 Å². The molecule has 0 bridgehead atoms. The number of nitrogens with zero attached hydrogens (tertiary/aromatic N) is 1. The summed E-state index contributed by atoms with van der Waals surface area (Å²) >= 11 is 0. The fourth-order valence-electron chi connectivity index (χ4n) is 2.59. The Kier molecular flexibility index (Phi) is 9.78. The predicted octanol–water partition coefficient (Wildman–Crippen LogP) is 1.49. The van der Waals surface area contributed by atoms with E-state index in [1.807, 2.05) is 0 Å². The molecule has 0 spiro atoms. The number of rotatable bonds is 9. The third-order valence-electron chi connectivity index (χ3n) is 3.98. The number of hydrogen-bond acceptors (Lipinski definition) is 7. The number of phenols is 1. The lowest BCUT2D eigenvalue weighted by molar-refractivity contribution is -0.143. The van der Waals surface area contributed by atoms with E-state index >= 15 is 0 Å².